The predicted octanol–water partition coefficient (Wildman–Crippen LogP) is 2.55. The summed E-state index contributed by atoms with van der Waals surface area (Å²) in [6.07, 6.45) is 0.192. The highest BCUT2D eigenvalue weighted by Crippen LogP contribution is 2.53. The predicted molar refractivity (Wildman–Crippen MR) is 50.6 cm³/mol. The first-order valence-corrected chi connectivity index (χ1v) is 5.97. The molecule has 0 saturated heterocycles. The highest BCUT2D eigenvalue weighted by molar-refractivity contribution is 7.54. The second-order valence-electron chi connectivity index (χ2n) is 2.59. The van der Waals surface area contributed by atoms with E-state index in [-0.39, 0.29) is 12.1 Å². The van der Waals surface area contributed by atoms with Crippen LogP contribution in [0.3, 0.4) is 0 Å². The van der Waals surface area contributed by atoms with E-state index in [0.717, 1.165) is 0 Å². The lowest BCUT2D eigenvalue weighted by Gasteiger charge is -2.21. The standard InChI is InChI=1S/C8H16NO3P/c1-4-11-13(10,12-5-2)8(3)6-7-9/h8H,4-6H2,1-3H3. The van der Waals surface area contributed by atoms with E-state index in [1.165, 1.54) is 0 Å². The van der Waals surface area contributed by atoms with Gasteiger partial charge >= 0.3 is 7.60 Å². The fourth-order valence-electron chi connectivity index (χ4n) is 0.896. The minimum Gasteiger partial charge on any atom is -0.309 e. The number of rotatable bonds is 6. The van der Waals surface area contributed by atoms with Crippen molar-refractivity contribution in [3.63, 3.8) is 0 Å². The van der Waals surface area contributed by atoms with Gasteiger partial charge in [0.05, 0.1) is 24.9 Å². The third kappa shape index (κ3) is 3.91. The Bertz CT molecular complexity index is 214. The van der Waals surface area contributed by atoms with Crippen molar-refractivity contribution in [3.8, 4) is 6.07 Å². The Labute approximate surface area is 79.4 Å². The summed E-state index contributed by atoms with van der Waals surface area (Å²) in [4.78, 5) is 0. The maximum atomic E-state index is 11.9. The fraction of sp³-hybridized carbons (Fsp3) is 0.875. The molecule has 0 heterocycles. The molecule has 0 spiro atoms. The fourth-order valence-corrected chi connectivity index (χ4v) is 2.50. The average Bonchev–Trinajstić information content (AvgIpc) is 2.05. The molecule has 0 aromatic carbocycles. The summed E-state index contributed by atoms with van der Waals surface area (Å²) in [5.41, 5.74) is -0.350. The molecule has 0 radical (unpaired) electrons. The van der Waals surface area contributed by atoms with Gasteiger partial charge in [0.2, 0.25) is 0 Å². The van der Waals surface area contributed by atoms with Crippen LogP contribution < -0.4 is 0 Å². The van der Waals surface area contributed by atoms with E-state index in [0.29, 0.717) is 13.2 Å². The second kappa shape index (κ2) is 6.15. The molecular weight excluding hydrogens is 189 g/mol. The van der Waals surface area contributed by atoms with Gasteiger partial charge in [-0.3, -0.25) is 4.57 Å². The van der Waals surface area contributed by atoms with Gasteiger partial charge in [0, 0.05) is 6.42 Å². The molecule has 0 N–H and O–H groups in total. The molecule has 0 aliphatic heterocycles. The molecule has 4 nitrogen and oxygen atoms in total. The Morgan fingerprint density at radius 3 is 2.15 bits per heavy atom. The third-order valence-electron chi connectivity index (χ3n) is 1.54. The molecule has 5 heteroatoms. The summed E-state index contributed by atoms with van der Waals surface area (Å²) < 4.78 is 22.0. The molecule has 0 aromatic rings. The number of nitrogens with zero attached hydrogens (tertiary/aromatic N) is 1. The summed E-state index contributed by atoms with van der Waals surface area (Å²) in [5, 5.41) is 8.45. The monoisotopic (exact) mass is 205 g/mol. The van der Waals surface area contributed by atoms with E-state index in [1.54, 1.807) is 20.8 Å². The first-order valence-electron chi connectivity index (χ1n) is 4.36. The van der Waals surface area contributed by atoms with E-state index < -0.39 is 7.60 Å². The van der Waals surface area contributed by atoms with Crippen molar-refractivity contribution in [2.75, 3.05) is 13.2 Å². The molecule has 1 atom stereocenters. The van der Waals surface area contributed by atoms with Crippen LogP contribution in [0.15, 0.2) is 0 Å². The Hall–Kier alpha value is -0.360. The zero-order chi connectivity index (χ0) is 10.3. The van der Waals surface area contributed by atoms with E-state index >= 15 is 0 Å². The highest BCUT2D eigenvalue weighted by atomic mass is 31.2. The molecule has 13 heavy (non-hydrogen) atoms. The van der Waals surface area contributed by atoms with Crippen LogP contribution in [0.5, 0.6) is 0 Å². The molecule has 0 saturated carbocycles. The summed E-state index contributed by atoms with van der Waals surface area (Å²) in [6.45, 7) is 5.89. The van der Waals surface area contributed by atoms with Crippen molar-refractivity contribution in [2.45, 2.75) is 32.9 Å². The lowest BCUT2D eigenvalue weighted by atomic mass is 10.4. The first-order chi connectivity index (χ1) is 6.10. The lowest BCUT2D eigenvalue weighted by Crippen LogP contribution is -2.08. The van der Waals surface area contributed by atoms with Crippen LogP contribution in [-0.2, 0) is 13.6 Å². The topological polar surface area (TPSA) is 59.3 Å². The van der Waals surface area contributed by atoms with Crippen molar-refractivity contribution in [3.05, 3.63) is 0 Å². The van der Waals surface area contributed by atoms with Crippen molar-refractivity contribution in [1.82, 2.24) is 0 Å². The molecular formula is C8H16NO3P. The quantitative estimate of drug-likeness (QED) is 0.625. The minimum absolute atomic E-state index is 0.192. The minimum atomic E-state index is -3.05. The van der Waals surface area contributed by atoms with Crippen LogP contribution in [0.4, 0.5) is 0 Å². The normalized spacial score (nSPS) is 13.7. The summed E-state index contributed by atoms with van der Waals surface area (Å²) in [6, 6.07) is 1.96. The third-order valence-corrected chi connectivity index (χ3v) is 4.04. The lowest BCUT2D eigenvalue weighted by molar-refractivity contribution is 0.213. The highest BCUT2D eigenvalue weighted by Gasteiger charge is 2.31. The van der Waals surface area contributed by atoms with Crippen LogP contribution in [-0.4, -0.2) is 18.9 Å². The molecule has 0 amide bonds. The van der Waals surface area contributed by atoms with Gasteiger partial charge in [-0.05, 0) is 13.8 Å². The van der Waals surface area contributed by atoms with Crippen LogP contribution in [0.2, 0.25) is 0 Å². The van der Waals surface area contributed by atoms with Crippen molar-refractivity contribution < 1.29 is 13.6 Å². The molecule has 0 aromatic heterocycles. The van der Waals surface area contributed by atoms with Gasteiger partial charge in [-0.15, -0.1) is 0 Å². The van der Waals surface area contributed by atoms with Crippen molar-refractivity contribution >= 4 is 7.60 Å². The van der Waals surface area contributed by atoms with E-state index in [1.807, 2.05) is 6.07 Å². The summed E-state index contributed by atoms with van der Waals surface area (Å²) in [7, 11) is -3.05. The van der Waals surface area contributed by atoms with Crippen LogP contribution in [0.25, 0.3) is 0 Å². The Balaban J connectivity index is 4.39. The van der Waals surface area contributed by atoms with Crippen molar-refractivity contribution in [1.29, 1.82) is 5.26 Å². The average molecular weight is 205 g/mol. The van der Waals surface area contributed by atoms with Gasteiger partial charge in [-0.25, -0.2) is 0 Å². The molecule has 1 unspecified atom stereocenters. The number of nitriles is 1. The number of hydrogen-bond donors (Lipinski definition) is 0. The Morgan fingerprint density at radius 2 is 1.85 bits per heavy atom. The smallest absolute Gasteiger partial charge is 0.309 e. The molecule has 0 bridgehead atoms. The molecule has 0 aliphatic rings. The van der Waals surface area contributed by atoms with Crippen molar-refractivity contribution in [2.24, 2.45) is 0 Å². The summed E-state index contributed by atoms with van der Waals surface area (Å²) in [5.74, 6) is 0. The Kier molecular flexibility index (Phi) is 5.98. The number of hydrogen-bond acceptors (Lipinski definition) is 4. The maximum absolute atomic E-state index is 11.9. The van der Waals surface area contributed by atoms with E-state index in [4.69, 9.17) is 14.3 Å². The van der Waals surface area contributed by atoms with Gasteiger partial charge in [0.25, 0.3) is 0 Å². The SMILES string of the molecule is CCOP(=O)(OCC)C(C)CC#N. The molecule has 0 aliphatic carbocycles. The largest absolute Gasteiger partial charge is 0.334 e. The maximum Gasteiger partial charge on any atom is 0.334 e. The first kappa shape index (κ1) is 12.6. The van der Waals surface area contributed by atoms with E-state index in [9.17, 15) is 4.57 Å². The van der Waals surface area contributed by atoms with Crippen LogP contribution >= 0.6 is 7.60 Å². The molecule has 76 valence electrons. The second-order valence-corrected chi connectivity index (χ2v) is 5.06. The van der Waals surface area contributed by atoms with Crippen LogP contribution in [0.1, 0.15) is 27.2 Å². The molecule has 0 fully saturated rings. The van der Waals surface area contributed by atoms with Gasteiger partial charge < -0.3 is 9.05 Å². The summed E-state index contributed by atoms with van der Waals surface area (Å²) >= 11 is 0. The van der Waals surface area contributed by atoms with Gasteiger partial charge in [-0.2, -0.15) is 5.26 Å². The molecule has 0 rings (SSSR count). The van der Waals surface area contributed by atoms with Crippen LogP contribution in [0, 0.1) is 11.3 Å². The zero-order valence-electron chi connectivity index (χ0n) is 8.32. The van der Waals surface area contributed by atoms with Gasteiger partial charge in [0.1, 0.15) is 0 Å². The van der Waals surface area contributed by atoms with Gasteiger partial charge in [0.15, 0.2) is 0 Å². The van der Waals surface area contributed by atoms with Gasteiger partial charge in [-0.1, -0.05) is 6.92 Å². The zero-order valence-corrected chi connectivity index (χ0v) is 9.21. The Morgan fingerprint density at radius 1 is 1.38 bits per heavy atom. The van der Waals surface area contributed by atoms with E-state index in [2.05, 4.69) is 0 Å².